The second-order valence-electron chi connectivity index (χ2n) is 4.12. The maximum atomic E-state index is 11.8. The molecule has 7 heteroatoms. The number of primary amides is 1. The molecule has 2 atom stereocenters. The third kappa shape index (κ3) is 4.99. The van der Waals surface area contributed by atoms with Crippen LogP contribution in [0.3, 0.4) is 0 Å². The quantitative estimate of drug-likeness (QED) is 0.448. The molecular formula is C11H21N3O4. The fourth-order valence-electron chi connectivity index (χ4n) is 1.83. The number of hydrogen-bond donors (Lipinski definition) is 3. The van der Waals surface area contributed by atoms with E-state index in [0.29, 0.717) is 19.8 Å². The molecule has 0 aromatic carbocycles. The van der Waals surface area contributed by atoms with Gasteiger partial charge in [-0.15, -0.1) is 0 Å². The van der Waals surface area contributed by atoms with E-state index in [1.807, 2.05) is 6.92 Å². The van der Waals surface area contributed by atoms with Crippen molar-refractivity contribution in [3.8, 4) is 0 Å². The van der Waals surface area contributed by atoms with Crippen LogP contribution >= 0.6 is 0 Å². The van der Waals surface area contributed by atoms with Crippen LogP contribution in [0.5, 0.6) is 0 Å². The molecule has 0 radical (unpaired) electrons. The molecule has 0 aromatic rings. The molecule has 0 saturated carbocycles. The van der Waals surface area contributed by atoms with Crippen molar-refractivity contribution in [3.05, 3.63) is 0 Å². The summed E-state index contributed by atoms with van der Waals surface area (Å²) in [5, 5.41) is 5.96. The van der Waals surface area contributed by atoms with Crippen LogP contribution in [0.1, 0.15) is 6.92 Å². The van der Waals surface area contributed by atoms with Crippen LogP contribution in [-0.4, -0.2) is 57.4 Å². The zero-order valence-corrected chi connectivity index (χ0v) is 10.6. The van der Waals surface area contributed by atoms with Crippen molar-refractivity contribution in [2.75, 3.05) is 39.5 Å². The summed E-state index contributed by atoms with van der Waals surface area (Å²) in [6, 6.07) is 0.0709. The first-order valence-corrected chi connectivity index (χ1v) is 6.10. The summed E-state index contributed by atoms with van der Waals surface area (Å²) in [5.74, 6) is -0.736. The topological polar surface area (TPSA) is 103 Å². The van der Waals surface area contributed by atoms with Gasteiger partial charge in [-0.1, -0.05) is 6.92 Å². The lowest BCUT2D eigenvalue weighted by Crippen LogP contribution is -2.44. The highest BCUT2D eigenvalue weighted by Gasteiger charge is 2.33. The van der Waals surface area contributed by atoms with E-state index in [2.05, 4.69) is 10.6 Å². The van der Waals surface area contributed by atoms with Gasteiger partial charge in [-0.05, 0) is 6.54 Å². The van der Waals surface area contributed by atoms with Gasteiger partial charge in [0.25, 0.3) is 0 Å². The van der Waals surface area contributed by atoms with Gasteiger partial charge in [0, 0.05) is 12.6 Å². The molecule has 1 fully saturated rings. The van der Waals surface area contributed by atoms with E-state index >= 15 is 0 Å². The minimum Gasteiger partial charge on any atom is -0.379 e. The normalized spacial score (nSPS) is 22.9. The Kier molecular flexibility index (Phi) is 6.63. The Morgan fingerprint density at radius 3 is 2.89 bits per heavy atom. The minimum absolute atomic E-state index is 0.0545. The van der Waals surface area contributed by atoms with Gasteiger partial charge in [0.05, 0.1) is 25.7 Å². The number of ether oxygens (including phenoxy) is 2. The number of carbonyl (C=O) groups excluding carboxylic acids is 2. The van der Waals surface area contributed by atoms with Crippen LogP contribution in [0.2, 0.25) is 0 Å². The Morgan fingerprint density at radius 1 is 1.44 bits per heavy atom. The van der Waals surface area contributed by atoms with E-state index in [1.54, 1.807) is 0 Å². The summed E-state index contributed by atoms with van der Waals surface area (Å²) >= 11 is 0. The summed E-state index contributed by atoms with van der Waals surface area (Å²) in [4.78, 5) is 22.3. The van der Waals surface area contributed by atoms with Crippen molar-refractivity contribution < 1.29 is 19.1 Å². The number of rotatable bonds is 8. The summed E-state index contributed by atoms with van der Waals surface area (Å²) < 4.78 is 10.2. The molecule has 4 N–H and O–H groups in total. The van der Waals surface area contributed by atoms with Crippen LogP contribution < -0.4 is 16.4 Å². The van der Waals surface area contributed by atoms with E-state index in [-0.39, 0.29) is 31.1 Å². The van der Waals surface area contributed by atoms with E-state index < -0.39 is 5.91 Å². The van der Waals surface area contributed by atoms with Crippen molar-refractivity contribution in [2.24, 2.45) is 11.7 Å². The Labute approximate surface area is 106 Å². The molecule has 0 aliphatic carbocycles. The highest BCUT2D eigenvalue weighted by molar-refractivity contribution is 5.79. The van der Waals surface area contributed by atoms with Gasteiger partial charge < -0.3 is 25.8 Å². The number of likely N-dealkylation sites (N-methyl/N-ethyl adjacent to an activating group) is 1. The van der Waals surface area contributed by atoms with Crippen molar-refractivity contribution >= 4 is 11.8 Å². The van der Waals surface area contributed by atoms with E-state index in [0.717, 1.165) is 6.54 Å². The molecule has 1 heterocycles. The zero-order chi connectivity index (χ0) is 13.4. The molecular weight excluding hydrogens is 238 g/mol. The third-order valence-corrected chi connectivity index (χ3v) is 2.67. The van der Waals surface area contributed by atoms with Gasteiger partial charge >= 0.3 is 0 Å². The van der Waals surface area contributed by atoms with Gasteiger partial charge in [0.15, 0.2) is 0 Å². The van der Waals surface area contributed by atoms with Crippen molar-refractivity contribution in [2.45, 2.75) is 13.0 Å². The van der Waals surface area contributed by atoms with Gasteiger partial charge in [-0.2, -0.15) is 0 Å². The summed E-state index contributed by atoms with van der Waals surface area (Å²) in [6.45, 7) is 4.30. The number of amides is 2. The van der Waals surface area contributed by atoms with Crippen molar-refractivity contribution in [3.63, 3.8) is 0 Å². The first kappa shape index (κ1) is 14.9. The van der Waals surface area contributed by atoms with Crippen LogP contribution in [0.15, 0.2) is 0 Å². The first-order valence-electron chi connectivity index (χ1n) is 6.10. The van der Waals surface area contributed by atoms with Crippen LogP contribution in [0.25, 0.3) is 0 Å². The van der Waals surface area contributed by atoms with Gasteiger partial charge in [-0.3, -0.25) is 9.59 Å². The van der Waals surface area contributed by atoms with Crippen LogP contribution in [0, 0.1) is 5.92 Å². The van der Waals surface area contributed by atoms with E-state index in [1.165, 1.54) is 0 Å². The average molecular weight is 259 g/mol. The molecule has 0 spiro atoms. The van der Waals surface area contributed by atoms with E-state index in [4.69, 9.17) is 15.2 Å². The Hall–Kier alpha value is -1.18. The van der Waals surface area contributed by atoms with Crippen LogP contribution in [0.4, 0.5) is 0 Å². The van der Waals surface area contributed by atoms with Gasteiger partial charge in [0.2, 0.25) is 11.8 Å². The number of hydrogen-bond acceptors (Lipinski definition) is 5. The second kappa shape index (κ2) is 8.02. The zero-order valence-electron chi connectivity index (χ0n) is 10.6. The molecule has 0 aromatic heterocycles. The highest BCUT2D eigenvalue weighted by atomic mass is 16.5. The molecule has 0 bridgehead atoms. The summed E-state index contributed by atoms with van der Waals surface area (Å²) in [7, 11) is 0. The molecule has 1 aliphatic heterocycles. The molecule has 7 nitrogen and oxygen atoms in total. The average Bonchev–Trinajstić information content (AvgIpc) is 2.77. The molecule has 2 unspecified atom stereocenters. The lowest BCUT2D eigenvalue weighted by Gasteiger charge is -2.17. The highest BCUT2D eigenvalue weighted by Crippen LogP contribution is 2.13. The molecule has 2 amide bonds. The predicted octanol–water partition coefficient (Wildman–Crippen LogP) is -1.77. The molecule has 104 valence electrons. The van der Waals surface area contributed by atoms with Crippen LogP contribution in [-0.2, 0) is 19.1 Å². The molecule has 1 rings (SSSR count). The second-order valence-corrected chi connectivity index (χ2v) is 4.12. The first-order chi connectivity index (χ1) is 8.65. The maximum Gasteiger partial charge on any atom is 0.243 e. The SMILES string of the molecule is CCNC1COCC1C(=O)NCCOCC(N)=O. The number of carbonyl (C=O) groups is 2. The summed E-state index contributed by atoms with van der Waals surface area (Å²) in [5.41, 5.74) is 4.91. The largest absolute Gasteiger partial charge is 0.379 e. The lowest BCUT2D eigenvalue weighted by atomic mass is 10.0. The summed E-state index contributed by atoms with van der Waals surface area (Å²) in [6.07, 6.45) is 0. The maximum absolute atomic E-state index is 11.8. The van der Waals surface area contributed by atoms with Crippen molar-refractivity contribution in [1.29, 1.82) is 0 Å². The monoisotopic (exact) mass is 259 g/mol. The van der Waals surface area contributed by atoms with E-state index in [9.17, 15) is 9.59 Å². The molecule has 1 aliphatic rings. The minimum atomic E-state index is -0.516. The Morgan fingerprint density at radius 2 is 2.22 bits per heavy atom. The van der Waals surface area contributed by atoms with Gasteiger partial charge in [-0.25, -0.2) is 0 Å². The fourth-order valence-corrected chi connectivity index (χ4v) is 1.83. The van der Waals surface area contributed by atoms with Crippen molar-refractivity contribution in [1.82, 2.24) is 10.6 Å². The predicted molar refractivity (Wildman–Crippen MR) is 64.8 cm³/mol. The third-order valence-electron chi connectivity index (χ3n) is 2.67. The lowest BCUT2D eigenvalue weighted by molar-refractivity contribution is -0.125. The number of nitrogens with two attached hydrogens (primary N) is 1. The Bertz CT molecular complexity index is 285. The molecule has 18 heavy (non-hydrogen) atoms. The smallest absolute Gasteiger partial charge is 0.243 e. The standard InChI is InChI=1S/C11H21N3O4/c1-2-13-9-6-18-5-8(9)11(16)14-3-4-17-7-10(12)15/h8-9,13H,2-7H2,1H3,(H2,12,15)(H,14,16). The fraction of sp³-hybridized carbons (Fsp3) is 0.818. The van der Waals surface area contributed by atoms with Gasteiger partial charge in [0.1, 0.15) is 6.61 Å². The Balaban J connectivity index is 2.17. The number of nitrogens with one attached hydrogen (secondary N) is 2. The molecule has 1 saturated heterocycles.